The summed E-state index contributed by atoms with van der Waals surface area (Å²) in [5.74, 6) is 0.0247. The fraction of sp³-hybridized carbons (Fsp3) is 0.579. The smallest absolute Gasteiger partial charge is 0.223 e. The standard InChI is InChI=1S/C19H24FN3O/c20-16-6-7-18(15(12-16)13-21)23-10-8-17(9-11-23)22-19(24)14-4-2-1-3-5-14/h6-7,12,14,17H,1-5,8-11H2,(H,22,24). The molecule has 1 aromatic carbocycles. The molecule has 1 saturated carbocycles. The minimum atomic E-state index is -0.384. The molecule has 1 heterocycles. The molecule has 128 valence electrons. The van der Waals surface area contributed by atoms with Crippen LogP contribution in [0.1, 0.15) is 50.5 Å². The second kappa shape index (κ2) is 7.65. The zero-order valence-corrected chi connectivity index (χ0v) is 13.9. The third kappa shape index (κ3) is 3.87. The topological polar surface area (TPSA) is 56.1 Å². The van der Waals surface area contributed by atoms with Crippen molar-refractivity contribution in [2.75, 3.05) is 18.0 Å². The summed E-state index contributed by atoms with van der Waals surface area (Å²) in [7, 11) is 0. The van der Waals surface area contributed by atoms with E-state index in [9.17, 15) is 14.4 Å². The van der Waals surface area contributed by atoms with Crippen LogP contribution < -0.4 is 10.2 Å². The van der Waals surface area contributed by atoms with Gasteiger partial charge in [0.15, 0.2) is 0 Å². The second-order valence-corrected chi connectivity index (χ2v) is 6.88. The van der Waals surface area contributed by atoms with Crippen LogP contribution in [-0.4, -0.2) is 25.0 Å². The lowest BCUT2D eigenvalue weighted by atomic mass is 9.88. The van der Waals surface area contributed by atoms with E-state index in [-0.39, 0.29) is 23.7 Å². The first-order valence-corrected chi connectivity index (χ1v) is 8.92. The highest BCUT2D eigenvalue weighted by Crippen LogP contribution is 2.26. The molecule has 24 heavy (non-hydrogen) atoms. The number of hydrogen-bond acceptors (Lipinski definition) is 3. The molecule has 0 unspecified atom stereocenters. The van der Waals surface area contributed by atoms with Crippen LogP contribution in [0.15, 0.2) is 18.2 Å². The average Bonchev–Trinajstić information content (AvgIpc) is 2.63. The summed E-state index contributed by atoms with van der Waals surface area (Å²) >= 11 is 0. The molecule has 0 aromatic heterocycles. The Hall–Kier alpha value is -2.09. The highest BCUT2D eigenvalue weighted by molar-refractivity contribution is 5.79. The van der Waals surface area contributed by atoms with Crippen molar-refractivity contribution in [1.82, 2.24) is 5.32 Å². The number of nitrogens with one attached hydrogen (secondary N) is 1. The third-order valence-corrected chi connectivity index (χ3v) is 5.24. The van der Waals surface area contributed by atoms with E-state index >= 15 is 0 Å². The lowest BCUT2D eigenvalue weighted by Crippen LogP contribution is -2.46. The molecule has 2 aliphatic rings. The van der Waals surface area contributed by atoms with Crippen LogP contribution in [-0.2, 0) is 4.79 Å². The van der Waals surface area contributed by atoms with Gasteiger partial charge in [-0.05, 0) is 43.9 Å². The predicted octanol–water partition coefficient (Wildman–Crippen LogP) is 3.36. The molecule has 1 aliphatic carbocycles. The number of amides is 1. The molecule has 1 saturated heterocycles. The fourth-order valence-electron chi connectivity index (χ4n) is 3.82. The average molecular weight is 329 g/mol. The van der Waals surface area contributed by atoms with Crippen molar-refractivity contribution < 1.29 is 9.18 Å². The largest absolute Gasteiger partial charge is 0.370 e. The summed E-state index contributed by atoms with van der Waals surface area (Å²) in [6.45, 7) is 1.55. The molecule has 1 amide bonds. The lowest BCUT2D eigenvalue weighted by Gasteiger charge is -2.35. The van der Waals surface area contributed by atoms with Crippen molar-refractivity contribution in [3.8, 4) is 6.07 Å². The number of piperidine rings is 1. The van der Waals surface area contributed by atoms with Gasteiger partial charge < -0.3 is 10.2 Å². The molecule has 0 radical (unpaired) electrons. The summed E-state index contributed by atoms with van der Waals surface area (Å²) in [6, 6.07) is 6.63. The van der Waals surface area contributed by atoms with E-state index in [1.807, 2.05) is 0 Å². The van der Waals surface area contributed by atoms with Gasteiger partial charge in [0, 0.05) is 25.0 Å². The molecular formula is C19H24FN3O. The maximum Gasteiger partial charge on any atom is 0.223 e. The number of carbonyl (C=O) groups excluding carboxylic acids is 1. The molecule has 0 bridgehead atoms. The Morgan fingerprint density at radius 1 is 1.17 bits per heavy atom. The number of nitrogens with zero attached hydrogens (tertiary/aromatic N) is 2. The summed E-state index contributed by atoms with van der Waals surface area (Å²) in [6.07, 6.45) is 7.34. The molecule has 1 aliphatic heterocycles. The first kappa shape index (κ1) is 16.8. The van der Waals surface area contributed by atoms with Gasteiger partial charge in [0.2, 0.25) is 5.91 Å². The number of carbonyl (C=O) groups is 1. The van der Waals surface area contributed by atoms with Gasteiger partial charge >= 0.3 is 0 Å². The second-order valence-electron chi connectivity index (χ2n) is 6.88. The van der Waals surface area contributed by atoms with Crippen LogP contribution >= 0.6 is 0 Å². The predicted molar refractivity (Wildman–Crippen MR) is 91.1 cm³/mol. The van der Waals surface area contributed by atoms with Crippen LogP contribution in [0.4, 0.5) is 10.1 Å². The van der Waals surface area contributed by atoms with Crippen molar-refractivity contribution in [2.24, 2.45) is 5.92 Å². The van der Waals surface area contributed by atoms with E-state index in [1.165, 1.54) is 18.6 Å². The first-order valence-electron chi connectivity index (χ1n) is 8.92. The number of halogens is 1. The van der Waals surface area contributed by atoms with Gasteiger partial charge in [-0.3, -0.25) is 4.79 Å². The SMILES string of the molecule is N#Cc1cc(F)ccc1N1CCC(NC(=O)C2CCCCC2)CC1. The monoisotopic (exact) mass is 329 g/mol. The number of anilines is 1. The Morgan fingerprint density at radius 3 is 2.54 bits per heavy atom. The number of nitriles is 1. The van der Waals surface area contributed by atoms with Gasteiger partial charge in [-0.2, -0.15) is 5.26 Å². The van der Waals surface area contributed by atoms with Gasteiger partial charge in [-0.25, -0.2) is 4.39 Å². The summed E-state index contributed by atoms with van der Waals surface area (Å²) in [5, 5.41) is 12.4. The molecular weight excluding hydrogens is 305 g/mol. The lowest BCUT2D eigenvalue weighted by molar-refractivity contribution is -0.126. The Balaban J connectivity index is 1.54. The van der Waals surface area contributed by atoms with Gasteiger partial charge in [0.25, 0.3) is 0 Å². The molecule has 1 aromatic rings. The van der Waals surface area contributed by atoms with E-state index < -0.39 is 0 Å². The van der Waals surface area contributed by atoms with Crippen molar-refractivity contribution in [1.29, 1.82) is 5.26 Å². The van der Waals surface area contributed by atoms with Crippen LogP contribution in [0.5, 0.6) is 0 Å². The molecule has 2 fully saturated rings. The van der Waals surface area contributed by atoms with Crippen molar-refractivity contribution in [2.45, 2.75) is 51.0 Å². The molecule has 1 N–H and O–H groups in total. The number of benzene rings is 1. The van der Waals surface area contributed by atoms with Crippen molar-refractivity contribution in [3.05, 3.63) is 29.6 Å². The highest BCUT2D eigenvalue weighted by atomic mass is 19.1. The van der Waals surface area contributed by atoms with Crippen molar-refractivity contribution in [3.63, 3.8) is 0 Å². The van der Waals surface area contributed by atoms with Crippen LogP contribution in [0.3, 0.4) is 0 Å². The molecule has 0 spiro atoms. The highest BCUT2D eigenvalue weighted by Gasteiger charge is 2.26. The van der Waals surface area contributed by atoms with Gasteiger partial charge in [-0.1, -0.05) is 19.3 Å². The van der Waals surface area contributed by atoms with E-state index in [0.29, 0.717) is 5.56 Å². The maximum atomic E-state index is 13.3. The molecule has 5 heteroatoms. The van der Waals surface area contributed by atoms with Crippen molar-refractivity contribution >= 4 is 11.6 Å². The zero-order valence-electron chi connectivity index (χ0n) is 13.9. The normalized spacial score (nSPS) is 19.8. The number of hydrogen-bond donors (Lipinski definition) is 1. The van der Waals surface area contributed by atoms with Gasteiger partial charge in [-0.15, -0.1) is 0 Å². The maximum absolute atomic E-state index is 13.3. The van der Waals surface area contributed by atoms with Gasteiger partial charge in [0.1, 0.15) is 11.9 Å². The van der Waals surface area contributed by atoms with Crippen LogP contribution in [0.2, 0.25) is 0 Å². The fourth-order valence-corrected chi connectivity index (χ4v) is 3.82. The van der Waals surface area contributed by atoms with E-state index in [4.69, 9.17) is 0 Å². The minimum absolute atomic E-state index is 0.194. The van der Waals surface area contributed by atoms with E-state index in [1.54, 1.807) is 6.07 Å². The van der Waals surface area contributed by atoms with Crippen LogP contribution in [0.25, 0.3) is 0 Å². The number of rotatable bonds is 3. The van der Waals surface area contributed by atoms with E-state index in [2.05, 4.69) is 16.3 Å². The summed E-state index contributed by atoms with van der Waals surface area (Å²) in [4.78, 5) is 14.5. The summed E-state index contributed by atoms with van der Waals surface area (Å²) < 4.78 is 13.3. The van der Waals surface area contributed by atoms with Gasteiger partial charge in [0.05, 0.1) is 11.3 Å². The van der Waals surface area contributed by atoms with E-state index in [0.717, 1.165) is 57.3 Å². The first-order chi connectivity index (χ1) is 11.7. The quantitative estimate of drug-likeness (QED) is 0.925. The Morgan fingerprint density at radius 2 is 1.88 bits per heavy atom. The Labute approximate surface area is 142 Å². The zero-order chi connectivity index (χ0) is 16.9. The Bertz CT molecular complexity index is 626. The summed E-state index contributed by atoms with van der Waals surface area (Å²) in [5.41, 5.74) is 1.16. The van der Waals surface area contributed by atoms with Crippen LogP contribution in [0, 0.1) is 23.1 Å². The molecule has 4 nitrogen and oxygen atoms in total. The Kier molecular flexibility index (Phi) is 5.34. The third-order valence-electron chi connectivity index (χ3n) is 5.24. The molecule has 0 atom stereocenters. The minimum Gasteiger partial charge on any atom is -0.370 e. The molecule has 3 rings (SSSR count).